The standard InChI is InChI=1S/C22H21FN2O4S/c1-29-19-8-4-16(5-9-19)13-22(26)25-15-21(17-3-2-12-24-14-17)30(27,28)20-10-6-18(23)7-11-20/h2-12,14,21H,13,15H2,1H3,(H,25,26). The Morgan fingerprint density at radius 3 is 2.40 bits per heavy atom. The summed E-state index contributed by atoms with van der Waals surface area (Å²) in [7, 11) is -2.33. The van der Waals surface area contributed by atoms with Gasteiger partial charge in [-0.15, -0.1) is 0 Å². The third-order valence-electron chi connectivity index (χ3n) is 4.58. The molecule has 30 heavy (non-hydrogen) atoms. The number of carbonyl (C=O) groups is 1. The topological polar surface area (TPSA) is 85.4 Å². The van der Waals surface area contributed by atoms with E-state index in [0.29, 0.717) is 11.3 Å². The van der Waals surface area contributed by atoms with Crippen molar-refractivity contribution < 1.29 is 22.3 Å². The fourth-order valence-corrected chi connectivity index (χ4v) is 4.60. The fraction of sp³-hybridized carbons (Fsp3) is 0.182. The van der Waals surface area contributed by atoms with E-state index in [1.165, 1.54) is 24.5 Å². The first-order valence-corrected chi connectivity index (χ1v) is 10.7. The van der Waals surface area contributed by atoms with E-state index in [-0.39, 0.29) is 23.8 Å². The number of carbonyl (C=O) groups excluding carboxylic acids is 1. The SMILES string of the molecule is COc1ccc(CC(=O)NCC(c2cccnc2)S(=O)(=O)c2ccc(F)cc2)cc1. The van der Waals surface area contributed by atoms with Gasteiger partial charge in [-0.3, -0.25) is 9.78 Å². The number of benzene rings is 2. The molecular weight excluding hydrogens is 407 g/mol. The van der Waals surface area contributed by atoms with Crippen LogP contribution >= 0.6 is 0 Å². The van der Waals surface area contributed by atoms with Crippen molar-refractivity contribution in [3.8, 4) is 5.75 Å². The van der Waals surface area contributed by atoms with Crippen molar-refractivity contribution in [3.05, 3.63) is 90.0 Å². The van der Waals surface area contributed by atoms with Gasteiger partial charge >= 0.3 is 0 Å². The maximum absolute atomic E-state index is 13.2. The molecule has 3 rings (SSSR count). The zero-order valence-corrected chi connectivity index (χ0v) is 17.1. The van der Waals surface area contributed by atoms with Crippen molar-refractivity contribution in [3.63, 3.8) is 0 Å². The lowest BCUT2D eigenvalue weighted by atomic mass is 10.1. The maximum Gasteiger partial charge on any atom is 0.224 e. The van der Waals surface area contributed by atoms with Crippen LogP contribution in [-0.4, -0.2) is 33.0 Å². The summed E-state index contributed by atoms with van der Waals surface area (Å²) in [5, 5.41) is 1.64. The molecule has 156 valence electrons. The summed E-state index contributed by atoms with van der Waals surface area (Å²) in [6.45, 7) is -0.139. The van der Waals surface area contributed by atoms with Gasteiger partial charge in [0.15, 0.2) is 9.84 Å². The molecule has 1 unspecified atom stereocenters. The normalized spacial score (nSPS) is 12.2. The van der Waals surface area contributed by atoms with Crippen LogP contribution in [-0.2, 0) is 21.1 Å². The van der Waals surface area contributed by atoms with Crippen LogP contribution in [0.2, 0.25) is 0 Å². The van der Waals surface area contributed by atoms with Gasteiger partial charge in [-0.2, -0.15) is 0 Å². The molecule has 0 aliphatic carbocycles. The lowest BCUT2D eigenvalue weighted by Gasteiger charge is -2.19. The molecule has 1 aromatic heterocycles. The third-order valence-corrected chi connectivity index (χ3v) is 6.70. The molecule has 0 aliphatic rings. The Morgan fingerprint density at radius 2 is 1.80 bits per heavy atom. The molecule has 0 fully saturated rings. The number of sulfone groups is 1. The summed E-state index contributed by atoms with van der Waals surface area (Å²) in [6.07, 6.45) is 3.08. The van der Waals surface area contributed by atoms with Gasteiger partial charge in [-0.25, -0.2) is 12.8 Å². The molecule has 0 bridgehead atoms. The number of nitrogens with one attached hydrogen (secondary N) is 1. The molecule has 0 saturated heterocycles. The van der Waals surface area contributed by atoms with E-state index in [4.69, 9.17) is 4.74 Å². The summed E-state index contributed by atoms with van der Waals surface area (Å²) in [4.78, 5) is 16.4. The number of amides is 1. The van der Waals surface area contributed by atoms with Crippen LogP contribution in [0, 0.1) is 5.82 Å². The lowest BCUT2D eigenvalue weighted by molar-refractivity contribution is -0.120. The molecule has 0 spiro atoms. The number of aromatic nitrogens is 1. The summed E-state index contributed by atoms with van der Waals surface area (Å²) >= 11 is 0. The smallest absolute Gasteiger partial charge is 0.224 e. The van der Waals surface area contributed by atoms with Crippen molar-refractivity contribution in [2.45, 2.75) is 16.6 Å². The van der Waals surface area contributed by atoms with E-state index in [1.807, 2.05) is 0 Å². The second kappa shape index (κ2) is 9.49. The molecule has 0 saturated carbocycles. The van der Waals surface area contributed by atoms with Crippen molar-refractivity contribution in [1.29, 1.82) is 0 Å². The van der Waals surface area contributed by atoms with Crippen LogP contribution in [0.5, 0.6) is 5.75 Å². The number of rotatable bonds is 8. The summed E-state index contributed by atoms with van der Waals surface area (Å²) in [5.41, 5.74) is 1.21. The molecule has 0 radical (unpaired) electrons. The minimum absolute atomic E-state index is 0.0258. The van der Waals surface area contributed by atoms with Crippen molar-refractivity contribution in [1.82, 2.24) is 10.3 Å². The molecule has 6 nitrogen and oxygen atoms in total. The highest BCUT2D eigenvalue weighted by Gasteiger charge is 2.30. The molecule has 3 aromatic rings. The predicted octanol–water partition coefficient (Wildman–Crippen LogP) is 3.10. The number of ether oxygens (including phenoxy) is 1. The van der Waals surface area contributed by atoms with E-state index in [2.05, 4.69) is 10.3 Å². The maximum atomic E-state index is 13.2. The number of hydrogen-bond donors (Lipinski definition) is 1. The molecule has 1 atom stereocenters. The van der Waals surface area contributed by atoms with Crippen LogP contribution < -0.4 is 10.1 Å². The second-order valence-electron chi connectivity index (χ2n) is 6.60. The van der Waals surface area contributed by atoms with Gasteiger partial charge in [0.05, 0.1) is 18.4 Å². The zero-order chi connectivity index (χ0) is 21.6. The van der Waals surface area contributed by atoms with Crippen LogP contribution in [0.4, 0.5) is 4.39 Å². The molecule has 1 amide bonds. The van der Waals surface area contributed by atoms with Gasteiger partial charge in [0, 0.05) is 18.9 Å². The molecule has 1 heterocycles. The lowest BCUT2D eigenvalue weighted by Crippen LogP contribution is -2.33. The first-order chi connectivity index (χ1) is 14.4. The zero-order valence-electron chi connectivity index (χ0n) is 16.3. The highest BCUT2D eigenvalue weighted by atomic mass is 32.2. The molecular formula is C22H21FN2O4S. The fourth-order valence-electron chi connectivity index (χ4n) is 2.96. The Kier molecular flexibility index (Phi) is 6.79. The number of hydrogen-bond acceptors (Lipinski definition) is 5. The van der Waals surface area contributed by atoms with Gasteiger partial charge in [-0.05, 0) is 53.6 Å². The Morgan fingerprint density at radius 1 is 1.10 bits per heavy atom. The number of methoxy groups -OCH3 is 1. The minimum atomic E-state index is -3.89. The Labute approximate surface area is 174 Å². The monoisotopic (exact) mass is 428 g/mol. The average Bonchev–Trinajstić information content (AvgIpc) is 2.75. The first-order valence-electron chi connectivity index (χ1n) is 9.19. The van der Waals surface area contributed by atoms with E-state index in [0.717, 1.165) is 17.7 Å². The number of pyridine rings is 1. The van der Waals surface area contributed by atoms with E-state index in [1.54, 1.807) is 43.5 Å². The minimum Gasteiger partial charge on any atom is -0.497 e. The highest BCUT2D eigenvalue weighted by Crippen LogP contribution is 2.28. The predicted molar refractivity (Wildman–Crippen MR) is 110 cm³/mol. The third kappa shape index (κ3) is 5.21. The quantitative estimate of drug-likeness (QED) is 0.558. The summed E-state index contributed by atoms with van der Waals surface area (Å²) in [5.74, 6) is -0.163. The number of nitrogens with zero attached hydrogens (tertiary/aromatic N) is 1. The van der Waals surface area contributed by atoms with Crippen LogP contribution in [0.1, 0.15) is 16.4 Å². The molecule has 8 heteroatoms. The van der Waals surface area contributed by atoms with Gasteiger partial charge in [-0.1, -0.05) is 18.2 Å². The van der Waals surface area contributed by atoms with Gasteiger partial charge in [0.2, 0.25) is 5.91 Å². The Bertz CT molecular complexity index is 1090. The van der Waals surface area contributed by atoms with Crippen LogP contribution in [0.15, 0.2) is 78.0 Å². The van der Waals surface area contributed by atoms with Crippen LogP contribution in [0.25, 0.3) is 0 Å². The Balaban J connectivity index is 1.78. The van der Waals surface area contributed by atoms with Gasteiger partial charge < -0.3 is 10.1 Å². The number of halogens is 1. The van der Waals surface area contributed by atoms with E-state index < -0.39 is 20.9 Å². The van der Waals surface area contributed by atoms with Gasteiger partial charge in [0.1, 0.15) is 16.8 Å². The highest BCUT2D eigenvalue weighted by molar-refractivity contribution is 7.91. The Hall–Kier alpha value is -3.26. The largest absolute Gasteiger partial charge is 0.497 e. The summed E-state index contributed by atoms with van der Waals surface area (Å²) in [6, 6.07) is 14.9. The molecule has 0 aliphatic heterocycles. The van der Waals surface area contributed by atoms with Crippen molar-refractivity contribution in [2.75, 3.05) is 13.7 Å². The van der Waals surface area contributed by atoms with Crippen molar-refractivity contribution in [2.24, 2.45) is 0 Å². The summed E-state index contributed by atoms with van der Waals surface area (Å²) < 4.78 is 44.7. The van der Waals surface area contributed by atoms with E-state index >= 15 is 0 Å². The van der Waals surface area contributed by atoms with E-state index in [9.17, 15) is 17.6 Å². The first kappa shape index (κ1) is 21.4. The van der Waals surface area contributed by atoms with Crippen LogP contribution in [0.3, 0.4) is 0 Å². The molecule has 1 N–H and O–H groups in total. The molecule has 2 aromatic carbocycles. The van der Waals surface area contributed by atoms with Crippen molar-refractivity contribution >= 4 is 15.7 Å². The average molecular weight is 428 g/mol. The second-order valence-corrected chi connectivity index (χ2v) is 8.73. The van der Waals surface area contributed by atoms with Gasteiger partial charge in [0.25, 0.3) is 0 Å².